The lowest BCUT2D eigenvalue weighted by Gasteiger charge is -2.07. The highest BCUT2D eigenvalue weighted by atomic mass is 32.2. The average Bonchev–Trinajstić information content (AvgIpc) is 2.87. The molecule has 0 amide bonds. The molecule has 0 aliphatic carbocycles. The Balaban J connectivity index is 2.40. The fraction of sp³-hybridized carbons (Fsp3) is 0.200. The highest BCUT2D eigenvalue weighted by molar-refractivity contribution is 7.90. The molecule has 1 N–H and O–H groups in total. The molecule has 0 saturated heterocycles. The van der Waals surface area contributed by atoms with Gasteiger partial charge in [0.2, 0.25) is 6.39 Å². The molecule has 9 nitrogen and oxygen atoms in total. The van der Waals surface area contributed by atoms with E-state index in [-0.39, 0.29) is 17.1 Å². The molecule has 10 heteroatoms. The third-order valence-electron chi connectivity index (χ3n) is 2.42. The van der Waals surface area contributed by atoms with Crippen LogP contribution >= 0.6 is 0 Å². The van der Waals surface area contributed by atoms with Crippen LogP contribution in [0.15, 0.2) is 34.0 Å². The van der Waals surface area contributed by atoms with Crippen molar-refractivity contribution in [3.63, 3.8) is 0 Å². The maximum absolute atomic E-state index is 11.6. The van der Waals surface area contributed by atoms with Gasteiger partial charge in [0.25, 0.3) is 0 Å². The highest BCUT2D eigenvalue weighted by Gasteiger charge is 2.26. The van der Waals surface area contributed by atoms with Crippen LogP contribution in [0.25, 0.3) is 0 Å². The van der Waals surface area contributed by atoms with E-state index in [1.165, 1.54) is 18.2 Å². The van der Waals surface area contributed by atoms with Gasteiger partial charge in [0.15, 0.2) is 15.7 Å². The largest absolute Gasteiger partial charge is 0.372 e. The van der Waals surface area contributed by atoms with Crippen LogP contribution in [0.3, 0.4) is 0 Å². The number of nitro benzene ring substituents is 1. The zero-order valence-corrected chi connectivity index (χ0v) is 11.1. The number of benzene rings is 1. The Morgan fingerprint density at radius 2 is 2.20 bits per heavy atom. The Morgan fingerprint density at radius 3 is 2.75 bits per heavy atom. The van der Waals surface area contributed by atoms with Gasteiger partial charge in [-0.05, 0) is 12.1 Å². The lowest BCUT2D eigenvalue weighted by Crippen LogP contribution is -2.08. The molecule has 2 rings (SSSR count). The predicted molar refractivity (Wildman–Crippen MR) is 67.8 cm³/mol. The summed E-state index contributed by atoms with van der Waals surface area (Å²) >= 11 is 0. The van der Waals surface area contributed by atoms with E-state index < -0.39 is 20.4 Å². The van der Waals surface area contributed by atoms with Crippen molar-refractivity contribution in [2.45, 2.75) is 11.4 Å². The second kappa shape index (κ2) is 5.25. The molecule has 0 spiro atoms. The maximum Gasteiger partial charge on any atom is 0.310 e. The minimum Gasteiger partial charge on any atom is -0.372 e. The minimum absolute atomic E-state index is 0.0720. The van der Waals surface area contributed by atoms with Crippen LogP contribution in [0.5, 0.6) is 0 Å². The third kappa shape index (κ3) is 2.91. The molecule has 1 heterocycles. The molecule has 0 bridgehead atoms. The number of rotatable bonds is 5. The summed E-state index contributed by atoms with van der Waals surface area (Å²) in [5, 5.41) is 17.4. The Kier molecular flexibility index (Phi) is 3.66. The van der Waals surface area contributed by atoms with Gasteiger partial charge in [-0.2, -0.15) is 4.98 Å². The van der Waals surface area contributed by atoms with Crippen molar-refractivity contribution >= 4 is 21.2 Å². The first-order valence-electron chi connectivity index (χ1n) is 5.36. The Labute approximate surface area is 113 Å². The molecule has 0 radical (unpaired) electrons. The van der Waals surface area contributed by atoms with Gasteiger partial charge >= 0.3 is 5.69 Å². The topological polar surface area (TPSA) is 128 Å². The summed E-state index contributed by atoms with van der Waals surface area (Å²) in [6.07, 6.45) is 2.04. The summed E-state index contributed by atoms with van der Waals surface area (Å²) < 4.78 is 27.7. The Bertz CT molecular complexity index is 726. The smallest absolute Gasteiger partial charge is 0.310 e. The average molecular weight is 298 g/mol. The van der Waals surface area contributed by atoms with Crippen molar-refractivity contribution in [1.82, 2.24) is 10.1 Å². The molecule has 1 aromatic carbocycles. The molecule has 2 aromatic rings. The van der Waals surface area contributed by atoms with Crippen molar-refractivity contribution in [3.8, 4) is 0 Å². The van der Waals surface area contributed by atoms with Crippen LogP contribution < -0.4 is 5.32 Å². The number of anilines is 1. The van der Waals surface area contributed by atoms with Crippen LogP contribution in [-0.4, -0.2) is 29.7 Å². The zero-order valence-electron chi connectivity index (χ0n) is 10.3. The molecule has 106 valence electrons. The van der Waals surface area contributed by atoms with Crippen molar-refractivity contribution in [1.29, 1.82) is 0 Å². The summed E-state index contributed by atoms with van der Waals surface area (Å²) in [6.45, 7) is 0.0740. The number of para-hydroxylation sites is 1. The van der Waals surface area contributed by atoms with Crippen LogP contribution in [0.2, 0.25) is 0 Å². The van der Waals surface area contributed by atoms with E-state index in [2.05, 4.69) is 20.0 Å². The van der Waals surface area contributed by atoms with Gasteiger partial charge in [-0.1, -0.05) is 11.2 Å². The number of nitrogens with zero attached hydrogens (tertiary/aromatic N) is 3. The monoisotopic (exact) mass is 298 g/mol. The van der Waals surface area contributed by atoms with E-state index in [0.29, 0.717) is 5.82 Å². The normalized spacial score (nSPS) is 11.2. The molecular formula is C10H10N4O5S. The van der Waals surface area contributed by atoms with Gasteiger partial charge in [0.1, 0.15) is 10.6 Å². The molecule has 0 aliphatic rings. The SMILES string of the molecule is CS(=O)(=O)c1cccc(NCc2ncon2)c1[N+](=O)[O-]. The first kappa shape index (κ1) is 13.9. The first-order valence-corrected chi connectivity index (χ1v) is 7.25. The van der Waals surface area contributed by atoms with E-state index in [1.807, 2.05) is 0 Å². The Morgan fingerprint density at radius 1 is 1.45 bits per heavy atom. The summed E-state index contributed by atoms with van der Waals surface area (Å²) in [5.41, 5.74) is -0.429. The lowest BCUT2D eigenvalue weighted by molar-refractivity contribution is -0.386. The van der Waals surface area contributed by atoms with Crippen LogP contribution in [0, 0.1) is 10.1 Å². The van der Waals surface area contributed by atoms with E-state index in [4.69, 9.17) is 0 Å². The van der Waals surface area contributed by atoms with Gasteiger partial charge in [-0.25, -0.2) is 8.42 Å². The number of sulfone groups is 1. The number of aromatic nitrogens is 2. The van der Waals surface area contributed by atoms with Crippen LogP contribution in [0.4, 0.5) is 11.4 Å². The zero-order chi connectivity index (χ0) is 14.8. The van der Waals surface area contributed by atoms with Crippen molar-refractivity contribution in [2.24, 2.45) is 0 Å². The third-order valence-corrected chi connectivity index (χ3v) is 3.55. The van der Waals surface area contributed by atoms with E-state index in [9.17, 15) is 18.5 Å². The second-order valence-corrected chi connectivity index (χ2v) is 5.87. The van der Waals surface area contributed by atoms with Gasteiger partial charge in [0.05, 0.1) is 11.5 Å². The van der Waals surface area contributed by atoms with Crippen molar-refractivity contribution < 1.29 is 17.9 Å². The maximum atomic E-state index is 11.6. The fourth-order valence-electron chi connectivity index (χ4n) is 1.60. The molecule has 0 fully saturated rings. The van der Waals surface area contributed by atoms with E-state index in [1.54, 1.807) is 0 Å². The van der Waals surface area contributed by atoms with Crippen LogP contribution in [0.1, 0.15) is 5.82 Å². The van der Waals surface area contributed by atoms with Gasteiger partial charge in [0, 0.05) is 6.26 Å². The fourth-order valence-corrected chi connectivity index (χ4v) is 2.46. The lowest BCUT2D eigenvalue weighted by atomic mass is 10.2. The van der Waals surface area contributed by atoms with E-state index in [0.717, 1.165) is 12.6 Å². The predicted octanol–water partition coefficient (Wildman–Crippen LogP) is 0.993. The van der Waals surface area contributed by atoms with Crippen molar-refractivity contribution in [3.05, 3.63) is 40.5 Å². The summed E-state index contributed by atoms with van der Waals surface area (Å²) in [5.74, 6) is 0.295. The summed E-state index contributed by atoms with van der Waals surface area (Å²) in [7, 11) is -3.70. The minimum atomic E-state index is -3.70. The Hall–Kier alpha value is -2.49. The molecule has 1 aromatic heterocycles. The molecule has 0 unspecified atom stereocenters. The van der Waals surface area contributed by atoms with E-state index >= 15 is 0 Å². The first-order chi connectivity index (χ1) is 9.39. The number of hydrogen-bond acceptors (Lipinski definition) is 8. The second-order valence-electron chi connectivity index (χ2n) is 3.88. The quantitative estimate of drug-likeness (QED) is 0.639. The molecule has 0 aliphatic heterocycles. The van der Waals surface area contributed by atoms with Gasteiger partial charge < -0.3 is 9.84 Å². The van der Waals surface area contributed by atoms with Gasteiger partial charge in [-0.3, -0.25) is 10.1 Å². The summed E-state index contributed by atoms with van der Waals surface area (Å²) in [4.78, 5) is 13.8. The summed E-state index contributed by atoms with van der Waals surface area (Å²) in [6, 6.07) is 4.02. The molecule has 0 saturated carbocycles. The standard InChI is InChI=1S/C10H10N4O5S/c1-20(17,18)8-4-2-3-7(10(8)14(15)16)11-5-9-12-6-19-13-9/h2-4,6,11H,5H2,1H3. The van der Waals surface area contributed by atoms with Gasteiger partial charge in [-0.15, -0.1) is 0 Å². The van der Waals surface area contributed by atoms with Crippen LogP contribution in [-0.2, 0) is 16.4 Å². The molecular weight excluding hydrogens is 288 g/mol. The molecule has 20 heavy (non-hydrogen) atoms. The van der Waals surface area contributed by atoms with Crippen molar-refractivity contribution in [2.75, 3.05) is 11.6 Å². The molecule has 0 atom stereocenters. The number of nitro groups is 1. The number of hydrogen-bond donors (Lipinski definition) is 1. The number of nitrogens with one attached hydrogen (secondary N) is 1. The highest BCUT2D eigenvalue weighted by Crippen LogP contribution is 2.32.